The molecule has 1 aliphatic heterocycles. The van der Waals surface area contributed by atoms with Gasteiger partial charge in [0.2, 0.25) is 0 Å². The molecule has 1 aliphatic carbocycles. The van der Waals surface area contributed by atoms with E-state index in [0.717, 1.165) is 42.5 Å². The number of para-hydroxylation sites is 1. The van der Waals surface area contributed by atoms with Crippen molar-refractivity contribution in [3.05, 3.63) is 86.6 Å². The molecule has 0 saturated heterocycles. The van der Waals surface area contributed by atoms with Crippen LogP contribution in [0.3, 0.4) is 0 Å². The number of amides is 2. The first kappa shape index (κ1) is 26.4. The number of carbonyl (C=O) groups is 2. The predicted molar refractivity (Wildman–Crippen MR) is 154 cm³/mol. The zero-order valence-electron chi connectivity index (χ0n) is 21.9. The van der Waals surface area contributed by atoms with Crippen LogP contribution < -0.4 is 16.2 Å². The molecular formula is C29H28N4O5S2. The fourth-order valence-corrected chi connectivity index (χ4v) is 7.54. The SMILES string of the molecule is CCOC(=O)C1=C(CSc2nc3sc4c(c3c(=O)n2-c2ccccc2)CCCCC4)NC(=O)NC1c1ccco1. The summed E-state index contributed by atoms with van der Waals surface area (Å²) in [6.07, 6.45) is 6.68. The van der Waals surface area contributed by atoms with Crippen LogP contribution in [0, 0.1) is 0 Å². The molecule has 2 N–H and O–H groups in total. The Labute approximate surface area is 238 Å². The lowest BCUT2D eigenvalue weighted by molar-refractivity contribution is -0.139. The second-order valence-electron chi connectivity index (χ2n) is 9.56. The van der Waals surface area contributed by atoms with Gasteiger partial charge in [0, 0.05) is 16.3 Å². The minimum Gasteiger partial charge on any atom is -0.467 e. The number of fused-ring (bicyclic) bond motifs is 3. The van der Waals surface area contributed by atoms with Crippen molar-refractivity contribution in [2.45, 2.75) is 50.2 Å². The average Bonchev–Trinajstić information content (AvgIpc) is 3.55. The Kier molecular flexibility index (Phi) is 7.48. The summed E-state index contributed by atoms with van der Waals surface area (Å²) < 4.78 is 12.5. The van der Waals surface area contributed by atoms with Gasteiger partial charge in [0.25, 0.3) is 5.56 Å². The first-order valence-electron chi connectivity index (χ1n) is 13.3. The summed E-state index contributed by atoms with van der Waals surface area (Å²) in [7, 11) is 0. The number of esters is 1. The first-order valence-corrected chi connectivity index (χ1v) is 15.1. The van der Waals surface area contributed by atoms with E-state index >= 15 is 0 Å². The van der Waals surface area contributed by atoms with Crippen molar-refractivity contribution in [3.63, 3.8) is 0 Å². The number of urea groups is 1. The second kappa shape index (κ2) is 11.3. The molecule has 2 amide bonds. The number of carbonyl (C=O) groups excluding carboxylic acids is 2. The van der Waals surface area contributed by atoms with Crippen LogP contribution in [-0.4, -0.2) is 33.9 Å². The summed E-state index contributed by atoms with van der Waals surface area (Å²) in [4.78, 5) is 46.8. The number of hydrogen-bond acceptors (Lipinski definition) is 8. The maximum absolute atomic E-state index is 14.1. The molecule has 3 aromatic heterocycles. The summed E-state index contributed by atoms with van der Waals surface area (Å²) in [6, 6.07) is 11.6. The van der Waals surface area contributed by atoms with E-state index in [1.165, 1.54) is 22.9 Å². The van der Waals surface area contributed by atoms with Gasteiger partial charge in [0.1, 0.15) is 16.6 Å². The summed E-state index contributed by atoms with van der Waals surface area (Å²) >= 11 is 2.89. The third kappa shape index (κ3) is 4.95. The van der Waals surface area contributed by atoms with Gasteiger partial charge < -0.3 is 19.8 Å². The van der Waals surface area contributed by atoms with Crippen LogP contribution in [0.1, 0.15) is 48.4 Å². The first-order chi connectivity index (χ1) is 19.5. The van der Waals surface area contributed by atoms with Crippen LogP contribution in [0.25, 0.3) is 15.9 Å². The van der Waals surface area contributed by atoms with Crippen LogP contribution in [0.4, 0.5) is 4.79 Å². The molecule has 11 heteroatoms. The smallest absolute Gasteiger partial charge is 0.338 e. The molecule has 1 atom stereocenters. The molecule has 0 spiro atoms. The third-order valence-electron chi connectivity index (χ3n) is 7.04. The lowest BCUT2D eigenvalue weighted by Gasteiger charge is -2.27. The number of thioether (sulfide) groups is 1. The van der Waals surface area contributed by atoms with Gasteiger partial charge in [-0.25, -0.2) is 14.6 Å². The normalized spacial score (nSPS) is 17.2. The highest BCUT2D eigenvalue weighted by Crippen LogP contribution is 2.36. The van der Waals surface area contributed by atoms with E-state index in [-0.39, 0.29) is 23.5 Å². The van der Waals surface area contributed by atoms with Crippen molar-refractivity contribution in [1.29, 1.82) is 0 Å². The molecule has 2 aliphatic rings. The molecule has 4 heterocycles. The molecule has 0 radical (unpaired) electrons. The van der Waals surface area contributed by atoms with E-state index < -0.39 is 18.0 Å². The standard InChI is InChI=1S/C29H28N4O5S2/c1-2-37-27(35)23-19(30-28(36)31-24(23)20-13-9-15-38-20)16-39-29-32-25-22(18-12-7-4-8-14-21(18)40-25)26(34)33(29)17-10-5-3-6-11-17/h3,5-6,9-11,13,15,24H,2,4,7-8,12,14,16H2,1H3,(H2,30,31,36). The van der Waals surface area contributed by atoms with Crippen molar-refractivity contribution in [2.24, 2.45) is 0 Å². The Bertz CT molecular complexity index is 1660. The van der Waals surface area contributed by atoms with Gasteiger partial charge >= 0.3 is 12.0 Å². The molecule has 9 nitrogen and oxygen atoms in total. The zero-order chi connectivity index (χ0) is 27.6. The maximum atomic E-state index is 14.1. The molecule has 6 rings (SSSR count). The van der Waals surface area contributed by atoms with Crippen molar-refractivity contribution in [2.75, 3.05) is 12.4 Å². The number of aryl methyl sites for hydroxylation is 2. The number of nitrogens with zero attached hydrogens (tertiary/aromatic N) is 2. The monoisotopic (exact) mass is 576 g/mol. The Balaban J connectivity index is 1.46. The largest absolute Gasteiger partial charge is 0.467 e. The van der Waals surface area contributed by atoms with Gasteiger partial charge in [-0.2, -0.15) is 0 Å². The minimum atomic E-state index is -0.807. The molecule has 0 fully saturated rings. The number of aromatic nitrogens is 2. The van der Waals surface area contributed by atoms with Gasteiger partial charge in [-0.1, -0.05) is 36.4 Å². The average molecular weight is 577 g/mol. The number of nitrogens with one attached hydrogen (secondary N) is 2. The fourth-order valence-electron chi connectivity index (χ4n) is 5.25. The van der Waals surface area contributed by atoms with Crippen molar-refractivity contribution >= 4 is 45.3 Å². The number of ether oxygens (including phenoxy) is 1. The molecule has 40 heavy (non-hydrogen) atoms. The topological polar surface area (TPSA) is 115 Å². The molecular weight excluding hydrogens is 548 g/mol. The Morgan fingerprint density at radius 2 is 1.98 bits per heavy atom. The fraction of sp³-hybridized carbons (Fsp3) is 0.310. The summed E-state index contributed by atoms with van der Waals surface area (Å²) in [6.45, 7) is 1.90. The van der Waals surface area contributed by atoms with Crippen molar-refractivity contribution in [1.82, 2.24) is 20.2 Å². The second-order valence-corrected chi connectivity index (χ2v) is 11.6. The number of hydrogen-bond donors (Lipinski definition) is 2. The lowest BCUT2D eigenvalue weighted by Crippen LogP contribution is -2.46. The number of furan rings is 1. The minimum absolute atomic E-state index is 0.0968. The summed E-state index contributed by atoms with van der Waals surface area (Å²) in [5.74, 6) is 0.0355. The van der Waals surface area contributed by atoms with E-state index in [1.54, 1.807) is 35.0 Å². The predicted octanol–water partition coefficient (Wildman–Crippen LogP) is 5.27. The van der Waals surface area contributed by atoms with Crippen LogP contribution in [0.15, 0.2) is 74.4 Å². The van der Waals surface area contributed by atoms with Crippen LogP contribution in [-0.2, 0) is 22.4 Å². The highest BCUT2D eigenvalue weighted by Gasteiger charge is 2.35. The van der Waals surface area contributed by atoms with Gasteiger partial charge in [0.05, 0.1) is 29.5 Å². The summed E-state index contributed by atoms with van der Waals surface area (Å²) in [5, 5.41) is 6.73. The van der Waals surface area contributed by atoms with Crippen LogP contribution in [0.2, 0.25) is 0 Å². The van der Waals surface area contributed by atoms with E-state index in [9.17, 15) is 14.4 Å². The Hall–Kier alpha value is -3.83. The molecule has 0 bridgehead atoms. The van der Waals surface area contributed by atoms with Crippen molar-refractivity contribution < 1.29 is 18.7 Å². The maximum Gasteiger partial charge on any atom is 0.338 e. The van der Waals surface area contributed by atoms with Crippen molar-refractivity contribution in [3.8, 4) is 5.69 Å². The molecule has 1 unspecified atom stereocenters. The number of thiophene rings is 1. The molecule has 1 aromatic carbocycles. The number of benzene rings is 1. The number of rotatable bonds is 7. The zero-order valence-corrected chi connectivity index (χ0v) is 23.5. The van der Waals surface area contributed by atoms with E-state index in [4.69, 9.17) is 14.1 Å². The Morgan fingerprint density at radius 3 is 2.75 bits per heavy atom. The molecule has 4 aromatic rings. The van der Waals surface area contributed by atoms with E-state index in [1.807, 2.05) is 30.3 Å². The van der Waals surface area contributed by atoms with Gasteiger partial charge in [0.15, 0.2) is 5.16 Å². The third-order valence-corrected chi connectivity index (χ3v) is 9.20. The van der Waals surface area contributed by atoms with Crippen LogP contribution >= 0.6 is 23.1 Å². The molecule has 206 valence electrons. The Morgan fingerprint density at radius 1 is 1.15 bits per heavy atom. The molecule has 0 saturated carbocycles. The van der Waals surface area contributed by atoms with E-state index in [0.29, 0.717) is 27.7 Å². The highest BCUT2D eigenvalue weighted by molar-refractivity contribution is 7.99. The van der Waals surface area contributed by atoms with Gasteiger partial charge in [-0.15, -0.1) is 11.3 Å². The highest BCUT2D eigenvalue weighted by atomic mass is 32.2. The quantitative estimate of drug-likeness (QED) is 0.133. The van der Waals surface area contributed by atoms with Crippen LogP contribution in [0.5, 0.6) is 0 Å². The van der Waals surface area contributed by atoms with E-state index in [2.05, 4.69) is 10.6 Å². The van der Waals surface area contributed by atoms with Gasteiger partial charge in [-0.3, -0.25) is 9.36 Å². The van der Waals surface area contributed by atoms with Gasteiger partial charge in [-0.05, 0) is 62.4 Å². The lowest BCUT2D eigenvalue weighted by atomic mass is 10.0. The summed E-state index contributed by atoms with van der Waals surface area (Å²) in [5.41, 5.74) is 2.38.